The molecule has 4 aliphatic rings. The standard InChI is InChI=1S/C33H37N3O4S/c1-22(2)35-19-11-17-33-27(30(39)36(28(33)31(35)40)25(21-37)24-14-8-5-9-15-24)26-29(38)34(18-10-16-32(26,3)41-33)20-23-12-6-4-7-13-23/h4-17,22,25-28,37H,18-21H2,1-3H3/t25-,26-,27+,28?,32+,33+/m1/s1. The molecule has 4 aliphatic heterocycles. The first-order valence-electron chi connectivity index (χ1n) is 14.4. The molecule has 41 heavy (non-hydrogen) atoms. The number of rotatable bonds is 6. The van der Waals surface area contributed by atoms with Crippen molar-refractivity contribution in [1.82, 2.24) is 14.7 Å². The minimum atomic E-state index is -0.949. The molecule has 4 heterocycles. The van der Waals surface area contributed by atoms with Gasteiger partial charge < -0.3 is 19.8 Å². The van der Waals surface area contributed by atoms with E-state index in [0.29, 0.717) is 19.6 Å². The van der Waals surface area contributed by atoms with Crippen molar-refractivity contribution in [2.45, 2.75) is 54.9 Å². The molecule has 6 rings (SSSR count). The lowest BCUT2D eigenvalue weighted by Crippen LogP contribution is -2.55. The molecule has 7 nitrogen and oxygen atoms in total. The van der Waals surface area contributed by atoms with Crippen LogP contribution in [-0.4, -0.2) is 78.8 Å². The van der Waals surface area contributed by atoms with Crippen LogP contribution < -0.4 is 0 Å². The maximum Gasteiger partial charge on any atom is 0.247 e. The van der Waals surface area contributed by atoms with E-state index >= 15 is 0 Å². The highest BCUT2D eigenvalue weighted by Crippen LogP contribution is 2.66. The maximum absolute atomic E-state index is 14.8. The van der Waals surface area contributed by atoms with Crippen LogP contribution in [0, 0.1) is 11.8 Å². The van der Waals surface area contributed by atoms with Crippen LogP contribution in [0.25, 0.3) is 0 Å². The molecule has 1 N–H and O–H groups in total. The number of amides is 3. The molecule has 3 amide bonds. The first-order valence-corrected chi connectivity index (χ1v) is 15.2. The van der Waals surface area contributed by atoms with Crippen LogP contribution in [-0.2, 0) is 20.9 Å². The summed E-state index contributed by atoms with van der Waals surface area (Å²) in [6, 6.07) is 17.6. The molecule has 0 radical (unpaired) electrons. The smallest absolute Gasteiger partial charge is 0.247 e. The number of thioether (sulfide) groups is 1. The molecule has 1 unspecified atom stereocenters. The van der Waals surface area contributed by atoms with Crippen LogP contribution in [0.2, 0.25) is 0 Å². The number of fused-ring (bicyclic) bond motifs is 2. The van der Waals surface area contributed by atoms with Gasteiger partial charge in [-0.2, -0.15) is 0 Å². The largest absolute Gasteiger partial charge is 0.394 e. The van der Waals surface area contributed by atoms with E-state index in [9.17, 15) is 19.5 Å². The summed E-state index contributed by atoms with van der Waals surface area (Å²) in [5, 5.41) is 10.7. The molecule has 8 heteroatoms. The van der Waals surface area contributed by atoms with E-state index in [2.05, 4.69) is 6.08 Å². The summed E-state index contributed by atoms with van der Waals surface area (Å²) < 4.78 is -1.62. The number of aliphatic hydroxyl groups excluding tert-OH is 1. The summed E-state index contributed by atoms with van der Waals surface area (Å²) in [5.74, 6) is -1.86. The second-order valence-corrected chi connectivity index (χ2v) is 13.7. The van der Waals surface area contributed by atoms with Gasteiger partial charge in [-0.1, -0.05) is 85.0 Å². The van der Waals surface area contributed by atoms with Gasteiger partial charge in [0.15, 0.2) is 0 Å². The Labute approximate surface area is 245 Å². The Bertz CT molecular complexity index is 1400. The molecule has 0 bridgehead atoms. The quantitative estimate of drug-likeness (QED) is 0.534. The van der Waals surface area contributed by atoms with Gasteiger partial charge in [-0.05, 0) is 31.9 Å². The van der Waals surface area contributed by atoms with Gasteiger partial charge in [-0.15, -0.1) is 11.8 Å². The minimum absolute atomic E-state index is 0.0713. The minimum Gasteiger partial charge on any atom is -0.394 e. The molecule has 0 aliphatic carbocycles. The lowest BCUT2D eigenvalue weighted by atomic mass is 9.74. The zero-order valence-corrected chi connectivity index (χ0v) is 24.5. The van der Waals surface area contributed by atoms with Gasteiger partial charge in [-0.25, -0.2) is 0 Å². The molecule has 6 atom stereocenters. The summed E-state index contributed by atoms with van der Waals surface area (Å²) in [5.41, 5.74) is 1.79. The molecule has 2 saturated heterocycles. The molecule has 0 saturated carbocycles. The Morgan fingerprint density at radius 1 is 0.878 bits per heavy atom. The fourth-order valence-corrected chi connectivity index (χ4v) is 9.45. The number of hydrogen-bond acceptors (Lipinski definition) is 5. The number of likely N-dealkylation sites (tertiary alicyclic amines) is 1. The van der Waals surface area contributed by atoms with Crippen LogP contribution in [0.5, 0.6) is 0 Å². The second kappa shape index (κ2) is 10.5. The van der Waals surface area contributed by atoms with Gasteiger partial charge in [0.2, 0.25) is 17.7 Å². The van der Waals surface area contributed by atoms with E-state index in [4.69, 9.17) is 0 Å². The van der Waals surface area contributed by atoms with Crippen LogP contribution >= 0.6 is 11.8 Å². The lowest BCUT2D eigenvalue weighted by molar-refractivity contribution is -0.148. The molecular weight excluding hydrogens is 534 g/mol. The van der Waals surface area contributed by atoms with E-state index in [0.717, 1.165) is 11.1 Å². The Morgan fingerprint density at radius 2 is 1.54 bits per heavy atom. The summed E-state index contributed by atoms with van der Waals surface area (Å²) in [6.45, 7) is 7.00. The van der Waals surface area contributed by atoms with Crippen molar-refractivity contribution in [3.63, 3.8) is 0 Å². The number of carbonyl (C=O) groups is 3. The third-order valence-corrected chi connectivity index (χ3v) is 10.9. The number of carbonyl (C=O) groups excluding carboxylic acids is 3. The second-order valence-electron chi connectivity index (χ2n) is 11.9. The molecule has 0 aromatic heterocycles. The fraction of sp³-hybridized carbons (Fsp3) is 0.424. The molecule has 2 fully saturated rings. The lowest BCUT2D eigenvalue weighted by Gasteiger charge is -2.40. The van der Waals surface area contributed by atoms with E-state index in [1.54, 1.807) is 21.6 Å². The number of aliphatic hydroxyl groups is 1. The van der Waals surface area contributed by atoms with Crippen LogP contribution in [0.15, 0.2) is 85.0 Å². The zero-order chi connectivity index (χ0) is 28.9. The topological polar surface area (TPSA) is 81.2 Å². The number of nitrogens with zero attached hydrogens (tertiary/aromatic N) is 3. The fourth-order valence-electron chi connectivity index (χ4n) is 7.30. The third-order valence-electron chi connectivity index (χ3n) is 9.14. The zero-order valence-electron chi connectivity index (χ0n) is 23.7. The highest BCUT2D eigenvalue weighted by molar-refractivity contribution is 8.02. The third kappa shape index (κ3) is 4.34. The Hall–Kier alpha value is -3.36. The average molecular weight is 572 g/mol. The molecular formula is C33H37N3O4S. The first-order chi connectivity index (χ1) is 19.7. The van der Waals surface area contributed by atoms with Gasteiger partial charge in [-0.3, -0.25) is 14.4 Å². The summed E-state index contributed by atoms with van der Waals surface area (Å²) in [4.78, 5) is 49.0. The highest BCUT2D eigenvalue weighted by Gasteiger charge is 2.74. The van der Waals surface area contributed by atoms with Crippen molar-refractivity contribution in [2.24, 2.45) is 11.8 Å². The molecule has 2 aromatic rings. The number of hydrogen-bond donors (Lipinski definition) is 1. The van der Waals surface area contributed by atoms with E-state index in [-0.39, 0.29) is 30.4 Å². The Balaban J connectivity index is 1.49. The summed E-state index contributed by atoms with van der Waals surface area (Å²) in [7, 11) is 0. The van der Waals surface area contributed by atoms with Crippen molar-refractivity contribution >= 4 is 29.5 Å². The van der Waals surface area contributed by atoms with Gasteiger partial charge in [0.05, 0.1) is 29.2 Å². The van der Waals surface area contributed by atoms with Gasteiger partial charge in [0.1, 0.15) is 6.04 Å². The van der Waals surface area contributed by atoms with Crippen molar-refractivity contribution in [3.05, 3.63) is 96.1 Å². The van der Waals surface area contributed by atoms with Gasteiger partial charge in [0.25, 0.3) is 0 Å². The van der Waals surface area contributed by atoms with Crippen molar-refractivity contribution in [3.8, 4) is 0 Å². The predicted octanol–water partition coefficient (Wildman–Crippen LogP) is 3.81. The van der Waals surface area contributed by atoms with Crippen LogP contribution in [0.4, 0.5) is 0 Å². The number of benzene rings is 2. The highest BCUT2D eigenvalue weighted by atomic mass is 32.2. The van der Waals surface area contributed by atoms with Crippen molar-refractivity contribution in [1.29, 1.82) is 0 Å². The SMILES string of the molecule is CC(C)N1CC=C[C@]23S[C@@]4(C)C=CCN(Cc5ccccc5)C(=O)[C@H]4[C@H]2C(=O)N([C@H](CO)c2ccccc2)C3C1=O. The predicted molar refractivity (Wildman–Crippen MR) is 160 cm³/mol. The molecule has 1 spiro atoms. The summed E-state index contributed by atoms with van der Waals surface area (Å²) >= 11 is 1.57. The van der Waals surface area contributed by atoms with Crippen molar-refractivity contribution < 1.29 is 19.5 Å². The van der Waals surface area contributed by atoms with Crippen LogP contribution in [0.1, 0.15) is 37.9 Å². The maximum atomic E-state index is 14.8. The Kier molecular flexibility index (Phi) is 7.10. The monoisotopic (exact) mass is 571 g/mol. The van der Waals surface area contributed by atoms with Gasteiger partial charge in [0, 0.05) is 30.4 Å². The Morgan fingerprint density at radius 3 is 2.20 bits per heavy atom. The average Bonchev–Trinajstić information content (AvgIpc) is 3.23. The molecule has 2 aromatic carbocycles. The molecule has 214 valence electrons. The van der Waals surface area contributed by atoms with Gasteiger partial charge >= 0.3 is 0 Å². The summed E-state index contributed by atoms with van der Waals surface area (Å²) in [6.07, 6.45) is 8.14. The van der Waals surface area contributed by atoms with E-state index < -0.39 is 33.4 Å². The first kappa shape index (κ1) is 27.8. The van der Waals surface area contributed by atoms with E-state index in [1.807, 2.05) is 105 Å². The van der Waals surface area contributed by atoms with E-state index in [1.165, 1.54) is 0 Å². The van der Waals surface area contributed by atoms with Crippen LogP contribution in [0.3, 0.4) is 0 Å². The van der Waals surface area contributed by atoms with Crippen molar-refractivity contribution in [2.75, 3.05) is 19.7 Å². The normalized spacial score (nSPS) is 31.7.